The Morgan fingerprint density at radius 3 is 2.46 bits per heavy atom. The number of halogens is 1. The third-order valence-electron chi connectivity index (χ3n) is 1.55. The van der Waals surface area contributed by atoms with E-state index in [4.69, 9.17) is 11.6 Å². The van der Waals surface area contributed by atoms with Crippen LogP contribution in [-0.4, -0.2) is 9.97 Å². The van der Waals surface area contributed by atoms with Crippen molar-refractivity contribution in [3.8, 4) is 11.4 Å². The van der Waals surface area contributed by atoms with Gasteiger partial charge in [0.2, 0.25) is 0 Å². The van der Waals surface area contributed by atoms with Crippen LogP contribution in [-0.2, 0) is 5.88 Å². The molecule has 0 N–H and O–H groups in total. The Labute approximate surface area is 89.2 Å². The summed E-state index contributed by atoms with van der Waals surface area (Å²) in [7, 11) is 0. The second kappa shape index (κ2) is 3.74. The van der Waals surface area contributed by atoms with Crippen LogP contribution < -0.4 is 0 Å². The van der Waals surface area contributed by atoms with Gasteiger partial charge >= 0.3 is 0 Å². The van der Waals surface area contributed by atoms with Crippen LogP contribution in [0.25, 0.3) is 11.4 Å². The van der Waals surface area contributed by atoms with E-state index in [2.05, 4.69) is 9.97 Å². The van der Waals surface area contributed by atoms with Crippen LogP contribution in [0.3, 0.4) is 0 Å². The molecule has 0 aliphatic heterocycles. The van der Waals surface area contributed by atoms with Gasteiger partial charge < -0.3 is 0 Å². The average molecular weight is 231 g/mol. The predicted molar refractivity (Wildman–Crippen MR) is 57.5 cm³/mol. The zero-order valence-corrected chi connectivity index (χ0v) is 9.34. The first kappa shape index (κ1) is 9.12. The number of hydrogen-bond donors (Lipinski definition) is 0. The van der Waals surface area contributed by atoms with Gasteiger partial charge in [0.15, 0.2) is 0 Å². The van der Waals surface area contributed by atoms with Crippen molar-refractivity contribution < 1.29 is 0 Å². The highest BCUT2D eigenvalue weighted by Gasteiger charge is 2.06. The number of alkyl halides is 1. The summed E-state index contributed by atoms with van der Waals surface area (Å²) >= 11 is 8.87. The van der Waals surface area contributed by atoms with E-state index in [1.54, 1.807) is 22.7 Å². The molecule has 0 radical (unpaired) electrons. The fourth-order valence-electron chi connectivity index (χ4n) is 0.971. The summed E-state index contributed by atoms with van der Waals surface area (Å²) in [5.74, 6) is 0.480. The van der Waals surface area contributed by atoms with Gasteiger partial charge in [0.05, 0.1) is 10.9 Å². The summed E-state index contributed by atoms with van der Waals surface area (Å²) in [5, 5.41) is 6.02. The molecule has 68 valence electrons. The van der Waals surface area contributed by atoms with Crippen LogP contribution in [0.15, 0.2) is 10.8 Å². The zero-order valence-electron chi connectivity index (χ0n) is 6.95. The second-order valence-electron chi connectivity index (χ2n) is 2.51. The number of nitrogens with zero attached hydrogens (tertiary/aromatic N) is 2. The monoisotopic (exact) mass is 230 g/mol. The van der Waals surface area contributed by atoms with Crippen molar-refractivity contribution >= 4 is 34.3 Å². The van der Waals surface area contributed by atoms with E-state index in [0.29, 0.717) is 5.88 Å². The van der Waals surface area contributed by atoms with E-state index in [-0.39, 0.29) is 0 Å². The van der Waals surface area contributed by atoms with Crippen LogP contribution in [0.2, 0.25) is 0 Å². The third-order valence-corrected chi connectivity index (χ3v) is 3.58. The van der Waals surface area contributed by atoms with Crippen LogP contribution in [0.1, 0.15) is 10.0 Å². The lowest BCUT2D eigenvalue weighted by molar-refractivity contribution is 1.22. The standard InChI is InChI=1S/C8H7ClN2S2/c1-5-10-6(3-12-5)7-4-13-8(2-9)11-7/h3-4H,2H2,1H3. The van der Waals surface area contributed by atoms with Crippen molar-refractivity contribution in [2.45, 2.75) is 12.8 Å². The van der Waals surface area contributed by atoms with Gasteiger partial charge in [0.1, 0.15) is 16.4 Å². The van der Waals surface area contributed by atoms with Crippen molar-refractivity contribution in [3.05, 3.63) is 20.8 Å². The summed E-state index contributed by atoms with van der Waals surface area (Å²) < 4.78 is 0. The summed E-state index contributed by atoms with van der Waals surface area (Å²) in [6.45, 7) is 1.99. The summed E-state index contributed by atoms with van der Waals surface area (Å²) in [4.78, 5) is 8.69. The lowest BCUT2D eigenvalue weighted by atomic mass is 10.4. The first-order valence-electron chi connectivity index (χ1n) is 3.72. The molecular formula is C8H7ClN2S2. The minimum Gasteiger partial charge on any atom is -0.240 e. The highest BCUT2D eigenvalue weighted by molar-refractivity contribution is 7.10. The number of hydrogen-bond acceptors (Lipinski definition) is 4. The minimum absolute atomic E-state index is 0.480. The Bertz CT molecular complexity index is 408. The molecule has 2 rings (SSSR count). The lowest BCUT2D eigenvalue weighted by Gasteiger charge is -1.86. The molecule has 5 heteroatoms. The maximum atomic E-state index is 5.66. The van der Waals surface area contributed by atoms with Gasteiger partial charge in [-0.3, -0.25) is 0 Å². The Balaban J connectivity index is 2.35. The molecule has 0 saturated heterocycles. The van der Waals surface area contributed by atoms with E-state index >= 15 is 0 Å². The van der Waals surface area contributed by atoms with Crippen molar-refractivity contribution in [3.63, 3.8) is 0 Å². The van der Waals surface area contributed by atoms with E-state index in [1.165, 1.54) is 0 Å². The molecule has 0 amide bonds. The Morgan fingerprint density at radius 1 is 1.23 bits per heavy atom. The number of thiazole rings is 2. The van der Waals surface area contributed by atoms with Crippen LogP contribution >= 0.6 is 34.3 Å². The smallest absolute Gasteiger partial charge is 0.108 e. The topological polar surface area (TPSA) is 25.8 Å². The van der Waals surface area contributed by atoms with Gasteiger partial charge in [-0.25, -0.2) is 9.97 Å². The highest BCUT2D eigenvalue weighted by atomic mass is 35.5. The molecular weight excluding hydrogens is 224 g/mol. The Kier molecular flexibility index (Phi) is 2.62. The van der Waals surface area contributed by atoms with Gasteiger partial charge in [0, 0.05) is 10.8 Å². The molecule has 0 atom stereocenters. The van der Waals surface area contributed by atoms with Gasteiger partial charge in [-0.2, -0.15) is 0 Å². The van der Waals surface area contributed by atoms with E-state index < -0.39 is 0 Å². The molecule has 0 fully saturated rings. The Morgan fingerprint density at radius 2 is 1.92 bits per heavy atom. The number of aromatic nitrogens is 2. The van der Waals surface area contributed by atoms with Gasteiger partial charge in [0.25, 0.3) is 0 Å². The molecule has 0 aliphatic carbocycles. The molecule has 0 aromatic carbocycles. The maximum Gasteiger partial charge on any atom is 0.108 e. The van der Waals surface area contributed by atoms with Crippen LogP contribution in [0.5, 0.6) is 0 Å². The summed E-state index contributed by atoms with van der Waals surface area (Å²) in [6, 6.07) is 0. The predicted octanol–water partition coefficient (Wildman–Crippen LogP) is 3.31. The van der Waals surface area contributed by atoms with Gasteiger partial charge in [-0.05, 0) is 6.92 Å². The van der Waals surface area contributed by atoms with E-state index in [9.17, 15) is 0 Å². The normalized spacial score (nSPS) is 10.6. The summed E-state index contributed by atoms with van der Waals surface area (Å²) in [6.07, 6.45) is 0. The lowest BCUT2D eigenvalue weighted by Crippen LogP contribution is -1.79. The zero-order chi connectivity index (χ0) is 9.26. The average Bonchev–Trinajstić information content (AvgIpc) is 2.71. The molecule has 2 aromatic rings. The molecule has 2 aromatic heterocycles. The van der Waals surface area contributed by atoms with Crippen LogP contribution in [0.4, 0.5) is 0 Å². The first-order chi connectivity index (χ1) is 6.29. The maximum absolute atomic E-state index is 5.66. The third kappa shape index (κ3) is 1.90. The number of aryl methyl sites for hydroxylation is 1. The molecule has 0 saturated carbocycles. The van der Waals surface area contributed by atoms with Crippen molar-refractivity contribution in [2.24, 2.45) is 0 Å². The first-order valence-corrected chi connectivity index (χ1v) is 6.02. The van der Waals surface area contributed by atoms with Crippen LogP contribution in [0, 0.1) is 6.92 Å². The molecule has 0 spiro atoms. The highest BCUT2D eigenvalue weighted by Crippen LogP contribution is 2.23. The van der Waals surface area contributed by atoms with Crippen molar-refractivity contribution in [2.75, 3.05) is 0 Å². The molecule has 2 heterocycles. The minimum atomic E-state index is 0.480. The SMILES string of the molecule is Cc1nc(-c2csc(CCl)n2)cs1. The molecule has 0 unspecified atom stereocenters. The van der Waals surface area contributed by atoms with Gasteiger partial charge in [-0.1, -0.05) is 0 Å². The van der Waals surface area contributed by atoms with Gasteiger partial charge in [-0.15, -0.1) is 34.3 Å². The summed E-state index contributed by atoms with van der Waals surface area (Å²) in [5.41, 5.74) is 1.89. The largest absolute Gasteiger partial charge is 0.240 e. The van der Waals surface area contributed by atoms with Crippen molar-refractivity contribution in [1.82, 2.24) is 9.97 Å². The molecule has 0 aliphatic rings. The Hall–Kier alpha value is -0.450. The molecule has 0 bridgehead atoms. The van der Waals surface area contributed by atoms with E-state index in [0.717, 1.165) is 21.4 Å². The van der Waals surface area contributed by atoms with Crippen molar-refractivity contribution in [1.29, 1.82) is 0 Å². The fourth-order valence-corrected chi connectivity index (χ4v) is 2.46. The quantitative estimate of drug-likeness (QED) is 0.740. The molecule has 2 nitrogen and oxygen atoms in total. The number of rotatable bonds is 2. The molecule has 13 heavy (non-hydrogen) atoms. The van der Waals surface area contributed by atoms with E-state index in [1.807, 2.05) is 17.7 Å². The second-order valence-corrected chi connectivity index (χ2v) is 4.78. The fraction of sp³-hybridized carbons (Fsp3) is 0.250.